The van der Waals surface area contributed by atoms with Crippen molar-refractivity contribution in [1.29, 1.82) is 0 Å². The molecule has 2 N–H and O–H groups in total. The predicted octanol–water partition coefficient (Wildman–Crippen LogP) is 3.92. The Kier molecular flexibility index (Phi) is 5.08. The highest BCUT2D eigenvalue weighted by Crippen LogP contribution is 2.36. The van der Waals surface area contributed by atoms with Gasteiger partial charge in [0.05, 0.1) is 18.8 Å². The van der Waals surface area contributed by atoms with E-state index in [2.05, 4.69) is 5.32 Å². The minimum Gasteiger partial charge on any atom is -0.495 e. The molecule has 31 heavy (non-hydrogen) atoms. The van der Waals surface area contributed by atoms with E-state index in [0.717, 1.165) is 34.1 Å². The number of furan rings is 1. The largest absolute Gasteiger partial charge is 0.495 e. The highest BCUT2D eigenvalue weighted by atomic mass is 19.1. The summed E-state index contributed by atoms with van der Waals surface area (Å²) in [5, 5.41) is 4.92. The maximum atomic E-state index is 14.1. The van der Waals surface area contributed by atoms with E-state index in [1.807, 2.05) is 36.4 Å². The van der Waals surface area contributed by atoms with Crippen molar-refractivity contribution < 1.29 is 23.2 Å². The van der Waals surface area contributed by atoms with Crippen LogP contribution in [0.15, 0.2) is 65.1 Å². The molecule has 1 atom stereocenters. The predicted molar refractivity (Wildman–Crippen MR) is 118 cm³/mol. The van der Waals surface area contributed by atoms with Crippen molar-refractivity contribution in [3.05, 3.63) is 72.0 Å². The molecule has 0 spiro atoms. The number of methoxy groups -OCH3 is 1. The number of hydrogen-bond donors (Lipinski definition) is 2. The van der Waals surface area contributed by atoms with Gasteiger partial charge in [-0.2, -0.15) is 0 Å². The fourth-order valence-electron chi connectivity index (χ4n) is 4.15. The molecule has 1 fully saturated rings. The number of nitrogens with one attached hydrogen (secondary N) is 2. The summed E-state index contributed by atoms with van der Waals surface area (Å²) in [5.74, 6) is 0.222. The van der Waals surface area contributed by atoms with Crippen molar-refractivity contribution in [2.75, 3.05) is 19.0 Å². The minimum atomic E-state index is -0.224. The highest BCUT2D eigenvalue weighted by Gasteiger charge is 2.35. The van der Waals surface area contributed by atoms with Crippen molar-refractivity contribution in [2.24, 2.45) is 0 Å². The van der Waals surface area contributed by atoms with E-state index in [0.29, 0.717) is 35.2 Å². The molecule has 5 nitrogen and oxygen atoms in total. The van der Waals surface area contributed by atoms with Crippen molar-refractivity contribution in [1.82, 2.24) is 0 Å². The molecule has 1 aliphatic rings. The van der Waals surface area contributed by atoms with Crippen LogP contribution in [-0.4, -0.2) is 25.6 Å². The lowest BCUT2D eigenvalue weighted by atomic mass is 10.1. The summed E-state index contributed by atoms with van der Waals surface area (Å²) < 4.78 is 25.6. The number of quaternary nitrogens is 1. The van der Waals surface area contributed by atoms with Crippen LogP contribution in [0.2, 0.25) is 0 Å². The number of carbonyl (C=O) groups excluding carboxylic acids is 1. The second kappa shape index (κ2) is 8.04. The van der Waals surface area contributed by atoms with Gasteiger partial charge in [0.15, 0.2) is 6.54 Å². The number of carbonyl (C=O) groups is 1. The summed E-state index contributed by atoms with van der Waals surface area (Å²) >= 11 is 0. The third-order valence-electron chi connectivity index (χ3n) is 5.89. The van der Waals surface area contributed by atoms with Gasteiger partial charge < -0.3 is 19.4 Å². The number of halogens is 1. The van der Waals surface area contributed by atoms with Crippen LogP contribution in [0, 0.1) is 5.82 Å². The fraction of sp³-hybridized carbons (Fsp3) is 0.240. The maximum Gasteiger partial charge on any atom is 0.279 e. The molecule has 1 aliphatic carbocycles. The lowest BCUT2D eigenvalue weighted by molar-refractivity contribution is -0.917. The molecule has 1 amide bonds. The van der Waals surface area contributed by atoms with Crippen LogP contribution >= 0.6 is 0 Å². The number of anilines is 1. The Balaban J connectivity index is 1.37. The van der Waals surface area contributed by atoms with Gasteiger partial charge in [-0.1, -0.05) is 36.4 Å². The zero-order chi connectivity index (χ0) is 21.4. The Labute approximate surface area is 179 Å². The summed E-state index contributed by atoms with van der Waals surface area (Å²) in [4.78, 5) is 14.0. The van der Waals surface area contributed by atoms with Gasteiger partial charge in [-0.05, 0) is 18.2 Å². The molecule has 1 aromatic heterocycles. The number of benzene rings is 3. The van der Waals surface area contributed by atoms with Crippen LogP contribution in [0.1, 0.15) is 18.4 Å². The second-order valence-electron chi connectivity index (χ2n) is 8.07. The highest BCUT2D eigenvalue weighted by molar-refractivity contribution is 6.07. The van der Waals surface area contributed by atoms with Crippen LogP contribution in [0.25, 0.3) is 21.9 Å². The van der Waals surface area contributed by atoms with E-state index in [-0.39, 0.29) is 18.3 Å². The molecule has 1 saturated carbocycles. The van der Waals surface area contributed by atoms with Gasteiger partial charge in [-0.3, -0.25) is 4.79 Å². The Hall–Kier alpha value is -3.38. The molecule has 6 heteroatoms. The molecule has 158 valence electrons. The Morgan fingerprint density at radius 3 is 2.65 bits per heavy atom. The van der Waals surface area contributed by atoms with Gasteiger partial charge in [-0.25, -0.2) is 4.39 Å². The molecule has 0 bridgehead atoms. The fourth-order valence-corrected chi connectivity index (χ4v) is 4.15. The maximum absolute atomic E-state index is 14.1. The van der Waals surface area contributed by atoms with E-state index in [9.17, 15) is 9.18 Å². The molecule has 1 heterocycles. The molecular formula is C25H24FN2O3+. The van der Waals surface area contributed by atoms with E-state index >= 15 is 0 Å². The molecule has 5 rings (SSSR count). The van der Waals surface area contributed by atoms with Crippen molar-refractivity contribution in [3.63, 3.8) is 0 Å². The molecule has 0 saturated heterocycles. The molecule has 0 radical (unpaired) electrons. The van der Waals surface area contributed by atoms with E-state index in [1.54, 1.807) is 25.3 Å². The number of ether oxygens (including phenoxy) is 1. The average molecular weight is 419 g/mol. The first kappa shape index (κ1) is 19.6. The first-order valence-electron chi connectivity index (χ1n) is 10.5. The lowest BCUT2D eigenvalue weighted by Crippen LogP contribution is -3.13. The molecule has 0 aliphatic heterocycles. The van der Waals surface area contributed by atoms with Gasteiger partial charge in [-0.15, -0.1) is 0 Å². The summed E-state index contributed by atoms with van der Waals surface area (Å²) in [7, 11) is 1.58. The van der Waals surface area contributed by atoms with Crippen LogP contribution in [0.3, 0.4) is 0 Å². The Morgan fingerprint density at radius 1 is 1.10 bits per heavy atom. The minimum absolute atomic E-state index is 0.132. The quantitative estimate of drug-likeness (QED) is 0.477. The molecule has 4 aromatic rings. The summed E-state index contributed by atoms with van der Waals surface area (Å²) in [6.07, 6.45) is 2.12. The average Bonchev–Trinajstić information content (AvgIpc) is 3.55. The van der Waals surface area contributed by atoms with Gasteiger partial charge in [0.25, 0.3) is 5.91 Å². The van der Waals surface area contributed by atoms with Crippen molar-refractivity contribution in [2.45, 2.75) is 25.4 Å². The van der Waals surface area contributed by atoms with Crippen molar-refractivity contribution >= 4 is 33.5 Å². The first-order chi connectivity index (χ1) is 15.1. The number of rotatable bonds is 7. The van der Waals surface area contributed by atoms with Gasteiger partial charge in [0.2, 0.25) is 0 Å². The first-order valence-corrected chi connectivity index (χ1v) is 10.5. The third kappa shape index (κ3) is 3.99. The van der Waals surface area contributed by atoms with Crippen molar-refractivity contribution in [3.8, 4) is 5.75 Å². The Morgan fingerprint density at radius 2 is 1.87 bits per heavy atom. The lowest BCUT2D eigenvalue weighted by Gasteiger charge is -2.19. The van der Waals surface area contributed by atoms with E-state index in [1.165, 1.54) is 6.07 Å². The van der Waals surface area contributed by atoms with Crippen LogP contribution < -0.4 is 15.0 Å². The van der Waals surface area contributed by atoms with Crippen LogP contribution in [0.5, 0.6) is 5.75 Å². The number of amides is 1. The molecule has 3 aromatic carbocycles. The monoisotopic (exact) mass is 419 g/mol. The zero-order valence-electron chi connectivity index (χ0n) is 17.3. The van der Waals surface area contributed by atoms with Gasteiger partial charge in [0, 0.05) is 35.2 Å². The normalized spacial score (nSPS) is 14.6. The second-order valence-corrected chi connectivity index (χ2v) is 8.07. The summed E-state index contributed by atoms with van der Waals surface area (Å²) in [6, 6.07) is 18.7. The SMILES string of the molecule is COc1cc2c(cc1NC(=O)C[NH+](Cc1ccccc1F)C1CC1)oc1ccccc12. The number of para-hydroxylation sites is 1. The standard InChI is InChI=1S/C25H23FN2O3/c1-30-24-12-19-18-7-3-5-9-22(18)31-23(19)13-21(24)27-25(29)15-28(17-10-11-17)14-16-6-2-4-8-20(16)26/h2-9,12-13,17H,10-11,14-15H2,1H3,(H,27,29)/p+1. The van der Waals surface area contributed by atoms with E-state index < -0.39 is 0 Å². The third-order valence-corrected chi connectivity index (χ3v) is 5.89. The van der Waals surface area contributed by atoms with Crippen LogP contribution in [-0.2, 0) is 11.3 Å². The topological polar surface area (TPSA) is 55.9 Å². The molecule has 1 unspecified atom stereocenters. The number of fused-ring (bicyclic) bond motifs is 3. The zero-order valence-corrected chi connectivity index (χ0v) is 17.3. The summed E-state index contributed by atoms with van der Waals surface area (Å²) in [6.45, 7) is 0.755. The smallest absolute Gasteiger partial charge is 0.279 e. The Bertz CT molecular complexity index is 1260. The van der Waals surface area contributed by atoms with Gasteiger partial charge in [0.1, 0.15) is 29.3 Å². The molecular weight excluding hydrogens is 395 g/mol. The van der Waals surface area contributed by atoms with Gasteiger partial charge >= 0.3 is 0 Å². The van der Waals surface area contributed by atoms with Crippen LogP contribution in [0.4, 0.5) is 10.1 Å². The summed E-state index contributed by atoms with van der Waals surface area (Å²) in [5.41, 5.74) is 2.69. The van der Waals surface area contributed by atoms with E-state index in [4.69, 9.17) is 9.15 Å². The number of hydrogen-bond acceptors (Lipinski definition) is 3.